The van der Waals surface area contributed by atoms with E-state index >= 15 is 0 Å². The van der Waals surface area contributed by atoms with E-state index in [1.807, 2.05) is 53.9 Å². The number of aryl methyl sites for hydroxylation is 2. The molecule has 0 radical (unpaired) electrons. The standard InChI is InChI=1S/C22H18N2S/c1-16-11-12-20(17(2)13-16)21-15-25-22(24-21)19(14-23)10-6-9-18-7-4-3-5-8-18/h3-13,15H,1-2H3/b9-6-,19-10-. The summed E-state index contributed by atoms with van der Waals surface area (Å²) in [5, 5.41) is 12.2. The van der Waals surface area contributed by atoms with Crippen LogP contribution in [0.4, 0.5) is 0 Å². The van der Waals surface area contributed by atoms with Gasteiger partial charge in [-0.2, -0.15) is 5.26 Å². The van der Waals surface area contributed by atoms with Crippen LogP contribution in [0.1, 0.15) is 21.7 Å². The van der Waals surface area contributed by atoms with E-state index in [1.165, 1.54) is 22.5 Å². The lowest BCUT2D eigenvalue weighted by atomic mass is 10.0. The van der Waals surface area contributed by atoms with Gasteiger partial charge in [0, 0.05) is 10.9 Å². The summed E-state index contributed by atoms with van der Waals surface area (Å²) in [6, 6.07) is 18.6. The number of aromatic nitrogens is 1. The lowest BCUT2D eigenvalue weighted by Gasteiger charge is -2.03. The lowest BCUT2D eigenvalue weighted by Crippen LogP contribution is -1.86. The molecule has 0 aliphatic rings. The van der Waals surface area contributed by atoms with Crippen LogP contribution in [-0.2, 0) is 0 Å². The zero-order chi connectivity index (χ0) is 17.6. The Bertz CT molecular complexity index is 973. The molecule has 0 atom stereocenters. The second kappa shape index (κ2) is 7.74. The molecule has 25 heavy (non-hydrogen) atoms. The molecule has 0 bridgehead atoms. The average Bonchev–Trinajstić information content (AvgIpc) is 3.09. The maximum atomic E-state index is 9.46. The van der Waals surface area contributed by atoms with E-state index in [0.29, 0.717) is 5.57 Å². The van der Waals surface area contributed by atoms with Gasteiger partial charge in [0.25, 0.3) is 0 Å². The summed E-state index contributed by atoms with van der Waals surface area (Å²) < 4.78 is 0. The van der Waals surface area contributed by atoms with E-state index in [1.54, 1.807) is 0 Å². The smallest absolute Gasteiger partial charge is 0.134 e. The molecule has 3 rings (SSSR count). The molecule has 0 saturated heterocycles. The van der Waals surface area contributed by atoms with Crippen molar-refractivity contribution < 1.29 is 0 Å². The van der Waals surface area contributed by atoms with Gasteiger partial charge in [-0.15, -0.1) is 11.3 Å². The maximum absolute atomic E-state index is 9.46. The minimum atomic E-state index is 0.577. The first-order valence-corrected chi connectivity index (χ1v) is 8.92. The number of nitrogens with zero attached hydrogens (tertiary/aromatic N) is 2. The van der Waals surface area contributed by atoms with E-state index in [2.05, 4.69) is 43.1 Å². The third-order valence-electron chi connectivity index (χ3n) is 3.86. The SMILES string of the molecule is Cc1ccc(-c2csc(/C(C#N)=C\C=C/c3ccccc3)n2)c(C)c1. The second-order valence-corrected chi connectivity index (χ2v) is 6.68. The first-order valence-electron chi connectivity index (χ1n) is 8.04. The fourth-order valence-corrected chi connectivity index (χ4v) is 3.39. The van der Waals surface area contributed by atoms with E-state index in [4.69, 9.17) is 0 Å². The predicted molar refractivity (Wildman–Crippen MR) is 106 cm³/mol. The molecular weight excluding hydrogens is 324 g/mol. The number of benzene rings is 2. The second-order valence-electron chi connectivity index (χ2n) is 5.82. The molecule has 0 unspecified atom stereocenters. The van der Waals surface area contributed by atoms with Crippen molar-refractivity contribution in [2.45, 2.75) is 13.8 Å². The van der Waals surface area contributed by atoms with Crippen molar-refractivity contribution in [2.24, 2.45) is 0 Å². The summed E-state index contributed by atoms with van der Waals surface area (Å²) in [5.41, 5.74) is 6.15. The highest BCUT2D eigenvalue weighted by atomic mass is 32.1. The Morgan fingerprint density at radius 3 is 2.64 bits per heavy atom. The van der Waals surface area contributed by atoms with Crippen molar-refractivity contribution in [3.8, 4) is 17.3 Å². The number of rotatable bonds is 4. The molecule has 2 aromatic carbocycles. The number of thiazole rings is 1. The summed E-state index contributed by atoms with van der Waals surface area (Å²) >= 11 is 1.50. The highest BCUT2D eigenvalue weighted by Gasteiger charge is 2.10. The van der Waals surface area contributed by atoms with Crippen molar-refractivity contribution >= 4 is 23.0 Å². The Morgan fingerprint density at radius 1 is 1.12 bits per heavy atom. The Balaban J connectivity index is 1.85. The normalized spacial score (nSPS) is 11.6. The van der Waals surface area contributed by atoms with Gasteiger partial charge in [0.1, 0.15) is 11.1 Å². The average molecular weight is 342 g/mol. The van der Waals surface area contributed by atoms with Gasteiger partial charge >= 0.3 is 0 Å². The van der Waals surface area contributed by atoms with Gasteiger partial charge < -0.3 is 0 Å². The molecule has 0 amide bonds. The first-order chi connectivity index (χ1) is 12.2. The summed E-state index contributed by atoms with van der Waals surface area (Å²) in [7, 11) is 0. The molecular formula is C22H18N2S. The van der Waals surface area contributed by atoms with Crippen LogP contribution < -0.4 is 0 Å². The first kappa shape index (κ1) is 16.9. The van der Waals surface area contributed by atoms with Gasteiger partial charge in [-0.05, 0) is 31.1 Å². The number of allylic oxidation sites excluding steroid dienone is 3. The molecule has 3 aromatic rings. The van der Waals surface area contributed by atoms with Gasteiger partial charge in [0.05, 0.1) is 11.3 Å². The van der Waals surface area contributed by atoms with Crippen molar-refractivity contribution in [3.05, 3.63) is 87.8 Å². The van der Waals surface area contributed by atoms with Crippen LogP contribution in [0.5, 0.6) is 0 Å². The Morgan fingerprint density at radius 2 is 1.92 bits per heavy atom. The van der Waals surface area contributed by atoms with Gasteiger partial charge in [-0.3, -0.25) is 0 Å². The predicted octanol–water partition coefficient (Wildman–Crippen LogP) is 6.05. The van der Waals surface area contributed by atoms with Crippen LogP contribution in [-0.4, -0.2) is 4.98 Å². The molecule has 0 N–H and O–H groups in total. The summed E-state index contributed by atoms with van der Waals surface area (Å²) in [5.74, 6) is 0. The molecule has 1 heterocycles. The third kappa shape index (κ3) is 4.12. The molecule has 0 spiro atoms. The fraction of sp³-hybridized carbons (Fsp3) is 0.0909. The van der Waals surface area contributed by atoms with Crippen LogP contribution in [0.2, 0.25) is 0 Å². The van der Waals surface area contributed by atoms with Crippen LogP contribution >= 0.6 is 11.3 Å². The van der Waals surface area contributed by atoms with E-state index < -0.39 is 0 Å². The maximum Gasteiger partial charge on any atom is 0.134 e. The van der Waals surface area contributed by atoms with E-state index in [0.717, 1.165) is 21.8 Å². The molecule has 0 fully saturated rings. The topological polar surface area (TPSA) is 36.7 Å². The third-order valence-corrected chi connectivity index (χ3v) is 4.74. The highest BCUT2D eigenvalue weighted by Crippen LogP contribution is 2.28. The molecule has 122 valence electrons. The molecule has 0 aliphatic heterocycles. The Labute approximate surface area is 152 Å². The summed E-state index contributed by atoms with van der Waals surface area (Å²) in [6.45, 7) is 4.17. The van der Waals surface area contributed by atoms with Crippen molar-refractivity contribution in [2.75, 3.05) is 0 Å². The van der Waals surface area contributed by atoms with Crippen molar-refractivity contribution in [1.82, 2.24) is 4.98 Å². The van der Waals surface area contributed by atoms with Crippen LogP contribution in [0.3, 0.4) is 0 Å². The molecule has 0 saturated carbocycles. The highest BCUT2D eigenvalue weighted by molar-refractivity contribution is 7.11. The van der Waals surface area contributed by atoms with Gasteiger partial charge in [0.15, 0.2) is 0 Å². The van der Waals surface area contributed by atoms with Gasteiger partial charge in [0.2, 0.25) is 0 Å². The number of hydrogen-bond acceptors (Lipinski definition) is 3. The van der Waals surface area contributed by atoms with E-state index in [-0.39, 0.29) is 0 Å². The number of nitriles is 1. The van der Waals surface area contributed by atoms with Crippen LogP contribution in [0.25, 0.3) is 22.9 Å². The van der Waals surface area contributed by atoms with Gasteiger partial charge in [-0.1, -0.05) is 66.2 Å². The minimum absolute atomic E-state index is 0.577. The van der Waals surface area contributed by atoms with Gasteiger partial charge in [-0.25, -0.2) is 4.98 Å². The molecule has 0 aliphatic carbocycles. The van der Waals surface area contributed by atoms with Crippen molar-refractivity contribution in [1.29, 1.82) is 5.26 Å². The number of hydrogen-bond donors (Lipinski definition) is 0. The fourth-order valence-electron chi connectivity index (χ4n) is 2.60. The summed E-state index contributed by atoms with van der Waals surface area (Å²) in [6.07, 6.45) is 5.69. The molecule has 1 aromatic heterocycles. The molecule has 3 heteroatoms. The zero-order valence-corrected chi connectivity index (χ0v) is 15.0. The molecule has 2 nitrogen and oxygen atoms in total. The van der Waals surface area contributed by atoms with E-state index in [9.17, 15) is 5.26 Å². The Hall–Kier alpha value is -2.96. The Kier molecular flexibility index (Phi) is 5.23. The van der Waals surface area contributed by atoms with Crippen LogP contribution in [0.15, 0.2) is 66.1 Å². The van der Waals surface area contributed by atoms with Crippen molar-refractivity contribution in [3.63, 3.8) is 0 Å². The van der Waals surface area contributed by atoms with Crippen LogP contribution in [0, 0.1) is 25.2 Å². The monoisotopic (exact) mass is 342 g/mol. The summed E-state index contributed by atoms with van der Waals surface area (Å²) in [4.78, 5) is 4.66. The zero-order valence-electron chi connectivity index (χ0n) is 14.2. The minimum Gasteiger partial charge on any atom is -0.235 e. The largest absolute Gasteiger partial charge is 0.235 e. The lowest BCUT2D eigenvalue weighted by molar-refractivity contribution is 1.32. The quantitative estimate of drug-likeness (QED) is 0.427.